The third-order valence-electron chi connectivity index (χ3n) is 4.09. The molecule has 106 valence electrons. The quantitative estimate of drug-likeness (QED) is 0.833. The number of fused-ring (bicyclic) bond motifs is 1. The summed E-state index contributed by atoms with van der Waals surface area (Å²) in [6.45, 7) is 3.74. The monoisotopic (exact) mass is 342 g/mol. The van der Waals surface area contributed by atoms with E-state index in [0.29, 0.717) is 10.9 Å². The van der Waals surface area contributed by atoms with E-state index in [4.69, 9.17) is 0 Å². The van der Waals surface area contributed by atoms with Gasteiger partial charge >= 0.3 is 0 Å². The summed E-state index contributed by atoms with van der Waals surface area (Å²) in [5.74, 6) is 0.333. The molecule has 0 saturated heterocycles. The van der Waals surface area contributed by atoms with Crippen LogP contribution in [0.2, 0.25) is 0 Å². The van der Waals surface area contributed by atoms with Gasteiger partial charge in [-0.3, -0.25) is 4.79 Å². The number of Topliss-reactive ketones (excluding diaryl/α,β-unsaturated/α-hetero) is 1. The Bertz CT molecular complexity index is 774. The van der Waals surface area contributed by atoms with E-state index in [1.54, 1.807) is 0 Å². The number of hydrogen-bond donors (Lipinski definition) is 1. The molecule has 0 saturated carbocycles. The predicted octanol–water partition coefficient (Wildman–Crippen LogP) is 4.41. The number of phenols is 1. The summed E-state index contributed by atoms with van der Waals surface area (Å²) in [6.07, 6.45) is 0.351. The van der Waals surface area contributed by atoms with Gasteiger partial charge in [0.05, 0.1) is 4.47 Å². The molecule has 0 heterocycles. The first-order chi connectivity index (χ1) is 10.0. The predicted molar refractivity (Wildman–Crippen MR) is 87.4 cm³/mol. The number of halogens is 1. The molecule has 21 heavy (non-hydrogen) atoms. The first-order valence-electron chi connectivity index (χ1n) is 6.81. The lowest BCUT2D eigenvalue weighted by Gasteiger charge is -2.24. The maximum absolute atomic E-state index is 12.3. The number of rotatable bonds is 1. The highest BCUT2D eigenvalue weighted by molar-refractivity contribution is 9.10. The number of ketones is 1. The smallest absolute Gasteiger partial charge is 0.163 e. The van der Waals surface area contributed by atoms with Gasteiger partial charge in [0, 0.05) is 12.0 Å². The van der Waals surface area contributed by atoms with Crippen LogP contribution in [0.3, 0.4) is 0 Å². The fourth-order valence-electron chi connectivity index (χ4n) is 2.87. The number of phenolic OH excluding ortho intramolecular Hbond substituents is 1. The van der Waals surface area contributed by atoms with Gasteiger partial charge in [-0.05, 0) is 63.7 Å². The lowest BCUT2D eigenvalue weighted by molar-refractivity contribution is -0.115. The van der Waals surface area contributed by atoms with Gasteiger partial charge in [-0.1, -0.05) is 30.3 Å². The second-order valence-electron chi connectivity index (χ2n) is 5.32. The Morgan fingerprint density at radius 1 is 1.14 bits per heavy atom. The molecular weight excluding hydrogens is 328 g/mol. The molecule has 0 spiro atoms. The molecular formula is C18H15BrO2. The van der Waals surface area contributed by atoms with Crippen LogP contribution < -0.4 is 0 Å². The largest absolute Gasteiger partial charge is 0.506 e. The summed E-state index contributed by atoms with van der Waals surface area (Å²) in [5, 5.41) is 10.1. The molecule has 0 unspecified atom stereocenters. The second-order valence-corrected chi connectivity index (χ2v) is 6.18. The molecule has 0 aliphatic heterocycles. The summed E-state index contributed by atoms with van der Waals surface area (Å²) in [6, 6.07) is 11.8. The summed E-state index contributed by atoms with van der Waals surface area (Å²) < 4.78 is 0.661. The van der Waals surface area contributed by atoms with E-state index in [1.807, 2.05) is 50.2 Å². The fourth-order valence-corrected chi connectivity index (χ4v) is 3.39. The van der Waals surface area contributed by atoms with Gasteiger partial charge in [0.25, 0.3) is 0 Å². The Labute approximate surface area is 132 Å². The van der Waals surface area contributed by atoms with Crippen LogP contribution in [-0.2, 0) is 11.2 Å². The van der Waals surface area contributed by atoms with Crippen LogP contribution in [0.1, 0.15) is 29.2 Å². The van der Waals surface area contributed by atoms with Gasteiger partial charge in [0.1, 0.15) is 5.75 Å². The minimum Gasteiger partial charge on any atom is -0.506 e. The van der Waals surface area contributed by atoms with Crippen LogP contribution in [0.4, 0.5) is 0 Å². The van der Waals surface area contributed by atoms with E-state index >= 15 is 0 Å². The maximum atomic E-state index is 12.3. The minimum absolute atomic E-state index is 0.117. The van der Waals surface area contributed by atoms with Crippen LogP contribution in [-0.4, -0.2) is 10.9 Å². The topological polar surface area (TPSA) is 37.3 Å². The first-order valence-corrected chi connectivity index (χ1v) is 7.60. The molecule has 2 aromatic carbocycles. The van der Waals surface area contributed by atoms with Gasteiger partial charge < -0.3 is 5.11 Å². The number of carbonyl (C=O) groups is 1. The molecule has 0 atom stereocenters. The van der Waals surface area contributed by atoms with Gasteiger partial charge in [-0.25, -0.2) is 0 Å². The maximum Gasteiger partial charge on any atom is 0.163 e. The van der Waals surface area contributed by atoms with Gasteiger partial charge in [0.15, 0.2) is 5.78 Å². The molecule has 1 N–H and O–H groups in total. The van der Waals surface area contributed by atoms with Crippen LogP contribution >= 0.6 is 15.9 Å². The van der Waals surface area contributed by atoms with E-state index in [1.165, 1.54) is 0 Å². The van der Waals surface area contributed by atoms with Crippen molar-refractivity contribution in [3.8, 4) is 5.75 Å². The average molecular weight is 343 g/mol. The first kappa shape index (κ1) is 14.1. The molecule has 0 bridgehead atoms. The third-order valence-corrected chi connectivity index (χ3v) is 4.70. The highest BCUT2D eigenvalue weighted by Crippen LogP contribution is 2.41. The van der Waals surface area contributed by atoms with Crippen molar-refractivity contribution >= 4 is 27.3 Å². The van der Waals surface area contributed by atoms with Gasteiger partial charge in [-0.15, -0.1) is 0 Å². The Balaban J connectivity index is 2.35. The Kier molecular flexibility index (Phi) is 3.46. The number of hydrogen-bond acceptors (Lipinski definition) is 2. The summed E-state index contributed by atoms with van der Waals surface area (Å²) in [4.78, 5) is 12.3. The van der Waals surface area contributed by atoms with Crippen LogP contribution in [0.15, 0.2) is 46.4 Å². The minimum atomic E-state index is 0.117. The average Bonchev–Trinajstić information content (AvgIpc) is 2.49. The lowest BCUT2D eigenvalue weighted by Crippen LogP contribution is -2.16. The van der Waals surface area contributed by atoms with E-state index in [-0.39, 0.29) is 11.5 Å². The molecule has 1 aliphatic carbocycles. The van der Waals surface area contributed by atoms with Crippen molar-refractivity contribution in [3.63, 3.8) is 0 Å². The Morgan fingerprint density at radius 2 is 1.81 bits per heavy atom. The van der Waals surface area contributed by atoms with Gasteiger partial charge in [-0.2, -0.15) is 0 Å². The fraction of sp³-hybridized carbons (Fsp3) is 0.167. The second kappa shape index (κ2) is 5.15. The lowest BCUT2D eigenvalue weighted by atomic mass is 9.80. The van der Waals surface area contributed by atoms with Gasteiger partial charge in [0.2, 0.25) is 0 Å². The zero-order valence-electron chi connectivity index (χ0n) is 11.9. The summed E-state index contributed by atoms with van der Waals surface area (Å²) in [5.41, 5.74) is 5.50. The SMILES string of the molecule is CC1=C(c2ccccc2)c2cc(Br)c(O)c(C)c2CC1=O. The molecule has 3 rings (SSSR count). The Morgan fingerprint density at radius 3 is 2.48 bits per heavy atom. The zero-order chi connectivity index (χ0) is 15.1. The Hall–Kier alpha value is -1.87. The molecule has 0 fully saturated rings. The van der Waals surface area contributed by atoms with E-state index in [9.17, 15) is 9.90 Å². The van der Waals surface area contributed by atoms with Crippen molar-refractivity contribution in [2.24, 2.45) is 0 Å². The zero-order valence-corrected chi connectivity index (χ0v) is 13.5. The standard InChI is InChI=1S/C18H15BrO2/c1-10-13-9-16(20)11(2)17(12-6-4-3-5-7-12)14(13)8-15(19)18(10)21/h3-8,21H,9H2,1-2H3. The third kappa shape index (κ3) is 2.22. The number of carbonyl (C=O) groups excluding carboxylic acids is 1. The van der Waals surface area contributed by atoms with E-state index in [2.05, 4.69) is 15.9 Å². The molecule has 0 amide bonds. The van der Waals surface area contributed by atoms with Crippen molar-refractivity contribution in [1.29, 1.82) is 0 Å². The van der Waals surface area contributed by atoms with Crippen molar-refractivity contribution in [2.45, 2.75) is 20.3 Å². The van der Waals surface area contributed by atoms with Crippen LogP contribution in [0, 0.1) is 6.92 Å². The van der Waals surface area contributed by atoms with Crippen molar-refractivity contribution in [2.75, 3.05) is 0 Å². The molecule has 3 heteroatoms. The van der Waals surface area contributed by atoms with Crippen molar-refractivity contribution < 1.29 is 9.90 Å². The summed E-state index contributed by atoms with van der Waals surface area (Å²) >= 11 is 3.40. The van der Waals surface area contributed by atoms with Crippen molar-refractivity contribution in [1.82, 2.24) is 0 Å². The van der Waals surface area contributed by atoms with Crippen LogP contribution in [0.25, 0.3) is 5.57 Å². The molecule has 0 aromatic heterocycles. The molecule has 2 nitrogen and oxygen atoms in total. The van der Waals surface area contributed by atoms with E-state index < -0.39 is 0 Å². The highest BCUT2D eigenvalue weighted by Gasteiger charge is 2.26. The highest BCUT2D eigenvalue weighted by atomic mass is 79.9. The number of aromatic hydroxyl groups is 1. The molecule has 1 aliphatic rings. The number of allylic oxidation sites excluding steroid dienone is 1. The number of benzene rings is 2. The van der Waals surface area contributed by atoms with E-state index in [0.717, 1.165) is 33.4 Å². The normalized spacial score (nSPS) is 14.3. The van der Waals surface area contributed by atoms with Crippen molar-refractivity contribution in [3.05, 3.63) is 68.7 Å². The summed E-state index contributed by atoms with van der Waals surface area (Å²) in [7, 11) is 0. The molecule has 0 radical (unpaired) electrons. The molecule has 2 aromatic rings. The van der Waals surface area contributed by atoms with Crippen LogP contribution in [0.5, 0.6) is 5.75 Å².